The third-order valence-electron chi connectivity index (χ3n) is 7.73. The van der Waals surface area contributed by atoms with Gasteiger partial charge in [-0.1, -0.05) is 62.8 Å². The summed E-state index contributed by atoms with van der Waals surface area (Å²) in [5.41, 5.74) is 1.07. The molecule has 1 amide bonds. The normalized spacial score (nSPS) is 15.4. The molecule has 11 heteroatoms. The Labute approximate surface area is 270 Å². The van der Waals surface area contributed by atoms with Crippen LogP contribution in [-0.2, 0) is 30.1 Å². The number of hydrogen-bond acceptors (Lipinski definition) is 3. The minimum Gasteiger partial charge on any atom is -0.348 e. The lowest BCUT2D eigenvalue weighted by atomic mass is 9.85. The number of alkyl halides is 3. The van der Waals surface area contributed by atoms with Gasteiger partial charge in [-0.3, -0.25) is 4.79 Å². The van der Waals surface area contributed by atoms with Crippen LogP contribution in [0.1, 0.15) is 92.5 Å². The first-order chi connectivity index (χ1) is 20.7. The van der Waals surface area contributed by atoms with Crippen LogP contribution < -0.4 is 10.0 Å². The number of carbonyl (C=O) groups is 1. The van der Waals surface area contributed by atoms with Gasteiger partial charge in [0.1, 0.15) is 16.1 Å². The Morgan fingerprint density at radius 2 is 1.73 bits per heavy atom. The van der Waals surface area contributed by atoms with E-state index in [1.165, 1.54) is 18.6 Å². The van der Waals surface area contributed by atoms with Crippen molar-refractivity contribution in [1.82, 2.24) is 14.6 Å². The lowest BCUT2D eigenvalue weighted by Gasteiger charge is -2.24. The number of benzene rings is 2. The van der Waals surface area contributed by atoms with E-state index in [4.69, 9.17) is 11.6 Å². The fourth-order valence-electron chi connectivity index (χ4n) is 5.65. The maximum Gasteiger partial charge on any atom is 0.417 e. The number of nitrogens with zero attached hydrogens (tertiary/aromatic N) is 1. The summed E-state index contributed by atoms with van der Waals surface area (Å²) >= 11 is 8.66. The molecule has 0 spiro atoms. The molecule has 0 radical (unpaired) electrons. The van der Waals surface area contributed by atoms with Crippen molar-refractivity contribution >= 4 is 40.3 Å². The van der Waals surface area contributed by atoms with Crippen LogP contribution in [0.25, 0.3) is 5.69 Å². The minimum absolute atomic E-state index is 0.0651. The van der Waals surface area contributed by atoms with Crippen molar-refractivity contribution < 1.29 is 22.2 Å². The average molecular weight is 668 g/mol. The Kier molecular flexibility index (Phi) is 11.4. The molecule has 2 aromatic carbocycles. The smallest absolute Gasteiger partial charge is 0.348 e. The first-order valence-corrected chi connectivity index (χ1v) is 17.5. The lowest BCUT2D eigenvalue weighted by molar-refractivity contribution is -0.139. The standard InChI is InChI=1S/C33H41ClF3N3O2S2/c1-6-43-25-15-12-23(13-16-25)20-38-31(41)29-21(2)27(18-22-10-8-7-9-11-22)40(30(29)34)24-14-17-28(26(19-24)33(35,36)37)44(42)39-32(3,4)5/h12-17,19,22,39H,6-11,18,20H2,1-5H3,(H,38,41). The zero-order valence-electron chi connectivity index (χ0n) is 25.9. The molecule has 4 rings (SSSR count). The first kappa shape index (κ1) is 34.6. The lowest BCUT2D eigenvalue weighted by Crippen LogP contribution is -2.37. The summed E-state index contributed by atoms with van der Waals surface area (Å²) in [6.45, 7) is 9.39. The monoisotopic (exact) mass is 667 g/mol. The Bertz CT molecular complexity index is 1490. The SMILES string of the molecule is CCSc1ccc(CNC(=O)c2c(C)c(CC3CCCCC3)n(-c3ccc(S(=O)NC(C)(C)C)c(C(F)(F)F)c3)c2Cl)cc1. The van der Waals surface area contributed by atoms with Crippen molar-refractivity contribution in [3.8, 4) is 5.69 Å². The molecule has 1 aromatic heterocycles. The van der Waals surface area contributed by atoms with Gasteiger partial charge in [0, 0.05) is 28.4 Å². The Hall–Kier alpha value is -2.27. The predicted octanol–water partition coefficient (Wildman–Crippen LogP) is 9.03. The largest absolute Gasteiger partial charge is 0.417 e. The van der Waals surface area contributed by atoms with E-state index in [1.54, 1.807) is 37.1 Å². The second kappa shape index (κ2) is 14.4. The Morgan fingerprint density at radius 3 is 2.32 bits per heavy atom. The van der Waals surface area contributed by atoms with Crippen LogP contribution in [0.4, 0.5) is 13.2 Å². The number of halogens is 4. The molecule has 1 aliphatic carbocycles. The molecule has 44 heavy (non-hydrogen) atoms. The van der Waals surface area contributed by atoms with Gasteiger partial charge in [-0.15, -0.1) is 11.8 Å². The van der Waals surface area contributed by atoms with Gasteiger partial charge in [0.15, 0.2) is 0 Å². The highest BCUT2D eigenvalue weighted by atomic mass is 35.5. The predicted molar refractivity (Wildman–Crippen MR) is 174 cm³/mol. The Balaban J connectivity index is 1.75. The van der Waals surface area contributed by atoms with Gasteiger partial charge >= 0.3 is 6.18 Å². The van der Waals surface area contributed by atoms with E-state index >= 15 is 0 Å². The highest BCUT2D eigenvalue weighted by Crippen LogP contribution is 2.39. The summed E-state index contributed by atoms with van der Waals surface area (Å²) in [7, 11) is -2.10. The average Bonchev–Trinajstić information content (AvgIpc) is 3.20. The maximum absolute atomic E-state index is 14.4. The molecule has 240 valence electrons. The van der Waals surface area contributed by atoms with Crippen LogP contribution in [0.2, 0.25) is 5.15 Å². The molecule has 0 bridgehead atoms. The van der Waals surface area contributed by atoms with E-state index in [1.807, 2.05) is 31.2 Å². The van der Waals surface area contributed by atoms with Crippen molar-refractivity contribution in [2.24, 2.45) is 5.92 Å². The zero-order valence-corrected chi connectivity index (χ0v) is 28.3. The molecule has 1 aliphatic rings. The molecule has 1 unspecified atom stereocenters. The van der Waals surface area contributed by atoms with Gasteiger partial charge in [0.25, 0.3) is 5.91 Å². The van der Waals surface area contributed by atoms with Crippen molar-refractivity contribution in [1.29, 1.82) is 0 Å². The van der Waals surface area contributed by atoms with E-state index in [2.05, 4.69) is 17.0 Å². The minimum atomic E-state index is -4.76. The van der Waals surface area contributed by atoms with Gasteiger partial charge in [0.05, 0.1) is 16.0 Å². The molecule has 1 fully saturated rings. The van der Waals surface area contributed by atoms with E-state index in [0.29, 0.717) is 17.9 Å². The van der Waals surface area contributed by atoms with Gasteiger partial charge < -0.3 is 9.88 Å². The highest BCUT2D eigenvalue weighted by molar-refractivity contribution is 7.99. The molecular formula is C33H41ClF3N3O2S2. The van der Waals surface area contributed by atoms with Crippen LogP contribution in [0.3, 0.4) is 0 Å². The van der Waals surface area contributed by atoms with Crippen LogP contribution in [0.5, 0.6) is 0 Å². The zero-order chi connectivity index (χ0) is 32.2. The van der Waals surface area contributed by atoms with Gasteiger partial charge in [-0.2, -0.15) is 13.2 Å². The van der Waals surface area contributed by atoms with Gasteiger partial charge in [-0.25, -0.2) is 8.93 Å². The number of thioether (sulfide) groups is 1. The number of rotatable bonds is 10. The molecular weight excluding hydrogens is 627 g/mol. The van der Waals surface area contributed by atoms with Crippen LogP contribution in [-0.4, -0.2) is 26.0 Å². The molecule has 1 heterocycles. The van der Waals surface area contributed by atoms with Crippen LogP contribution >= 0.6 is 23.4 Å². The number of carbonyl (C=O) groups excluding carboxylic acids is 1. The van der Waals surface area contributed by atoms with E-state index in [9.17, 15) is 22.2 Å². The summed E-state index contributed by atoms with van der Waals surface area (Å²) < 4.78 is 60.4. The topological polar surface area (TPSA) is 63.1 Å². The molecule has 1 saturated carbocycles. The van der Waals surface area contributed by atoms with Crippen molar-refractivity contribution in [3.05, 3.63) is 75.6 Å². The number of nitrogens with one attached hydrogen (secondary N) is 2. The molecule has 3 aromatic rings. The second-order valence-electron chi connectivity index (χ2n) is 12.3. The maximum atomic E-state index is 14.4. The number of amides is 1. The van der Waals surface area contributed by atoms with Gasteiger partial charge in [-0.05, 0) is 87.2 Å². The Morgan fingerprint density at radius 1 is 1.07 bits per heavy atom. The highest BCUT2D eigenvalue weighted by Gasteiger charge is 2.37. The summed E-state index contributed by atoms with van der Waals surface area (Å²) in [6, 6.07) is 11.7. The summed E-state index contributed by atoms with van der Waals surface area (Å²) in [6.07, 6.45) is 1.22. The second-order valence-corrected chi connectivity index (χ2v) is 15.2. The molecule has 5 nitrogen and oxygen atoms in total. The molecule has 0 saturated heterocycles. The van der Waals surface area contributed by atoms with Gasteiger partial charge in [0.2, 0.25) is 0 Å². The fourth-order valence-corrected chi connectivity index (χ4v) is 7.97. The number of aromatic nitrogens is 1. The summed E-state index contributed by atoms with van der Waals surface area (Å²) in [5.74, 6) is 0.922. The van der Waals surface area contributed by atoms with Crippen LogP contribution in [0.15, 0.2) is 52.3 Å². The van der Waals surface area contributed by atoms with E-state index in [0.717, 1.165) is 53.7 Å². The van der Waals surface area contributed by atoms with Crippen molar-refractivity contribution in [2.45, 2.75) is 101 Å². The first-order valence-electron chi connectivity index (χ1n) is 15.0. The fraction of sp³-hybridized carbons (Fsp3) is 0.485. The van der Waals surface area contributed by atoms with E-state index in [-0.39, 0.29) is 33.8 Å². The number of hydrogen-bond donors (Lipinski definition) is 2. The third kappa shape index (κ3) is 8.50. The van der Waals surface area contributed by atoms with Crippen LogP contribution in [0, 0.1) is 12.8 Å². The molecule has 2 N–H and O–H groups in total. The van der Waals surface area contributed by atoms with E-state index < -0.39 is 28.3 Å². The summed E-state index contributed by atoms with van der Waals surface area (Å²) in [4.78, 5) is 14.4. The van der Waals surface area contributed by atoms with Crippen molar-refractivity contribution in [2.75, 3.05) is 5.75 Å². The van der Waals surface area contributed by atoms with Crippen molar-refractivity contribution in [3.63, 3.8) is 0 Å². The summed E-state index contributed by atoms with van der Waals surface area (Å²) in [5, 5.41) is 3.02. The quantitative estimate of drug-likeness (QED) is 0.212. The molecule has 0 aliphatic heterocycles. The molecule has 1 atom stereocenters. The third-order valence-corrected chi connectivity index (χ3v) is 10.5.